The zero-order chi connectivity index (χ0) is 18.8. The minimum absolute atomic E-state index is 0.0162. The molecular formula is C19H20N4O3. The highest BCUT2D eigenvalue weighted by Crippen LogP contribution is 2.24. The van der Waals surface area contributed by atoms with Gasteiger partial charge in [-0.2, -0.15) is 9.36 Å². The molecule has 0 aliphatic rings. The molecule has 1 aromatic heterocycles. The molecule has 26 heavy (non-hydrogen) atoms. The van der Waals surface area contributed by atoms with Gasteiger partial charge in [0.05, 0.1) is 5.69 Å². The Bertz CT molecular complexity index is 1030. The molecule has 1 heterocycles. The zero-order valence-electron chi connectivity index (χ0n) is 15.2. The van der Waals surface area contributed by atoms with Crippen LogP contribution in [0.2, 0.25) is 0 Å². The van der Waals surface area contributed by atoms with E-state index in [1.165, 1.54) is 16.3 Å². The molecule has 0 radical (unpaired) electrons. The molecule has 0 aliphatic carbocycles. The third-order valence-electron chi connectivity index (χ3n) is 4.30. The van der Waals surface area contributed by atoms with E-state index in [0.29, 0.717) is 17.0 Å². The summed E-state index contributed by atoms with van der Waals surface area (Å²) in [5.74, 6) is 0.621. The summed E-state index contributed by atoms with van der Waals surface area (Å²) in [7, 11) is 1.55. The minimum atomic E-state index is -0.327. The van der Waals surface area contributed by atoms with Crippen LogP contribution in [0.1, 0.15) is 34.0 Å². The van der Waals surface area contributed by atoms with E-state index < -0.39 is 0 Å². The summed E-state index contributed by atoms with van der Waals surface area (Å²) < 4.78 is 8.41. The first-order valence-electron chi connectivity index (χ1n) is 8.20. The van der Waals surface area contributed by atoms with Crippen molar-refractivity contribution in [3.63, 3.8) is 0 Å². The van der Waals surface area contributed by atoms with Crippen LogP contribution < -0.4 is 10.4 Å². The lowest BCUT2D eigenvalue weighted by atomic mass is 10.1. The van der Waals surface area contributed by atoms with Crippen LogP contribution >= 0.6 is 0 Å². The first kappa shape index (κ1) is 17.6. The number of hydrogen-bond donors (Lipinski definition) is 0. The number of ketones is 1. The van der Waals surface area contributed by atoms with Crippen LogP contribution in [0.15, 0.2) is 41.2 Å². The maximum atomic E-state index is 12.2. The number of aryl methyl sites for hydroxylation is 3. The molecule has 3 aromatic rings. The molecule has 0 atom stereocenters. The van der Waals surface area contributed by atoms with E-state index in [4.69, 9.17) is 4.74 Å². The number of nitrogens with zero attached hydrogens (tertiary/aromatic N) is 4. The molecule has 3 rings (SSSR count). The predicted octanol–water partition coefficient (Wildman–Crippen LogP) is 2.36. The summed E-state index contributed by atoms with van der Waals surface area (Å²) in [5, 5.41) is 7.68. The van der Waals surface area contributed by atoms with Crippen molar-refractivity contribution in [2.75, 3.05) is 0 Å². The Morgan fingerprint density at radius 2 is 1.88 bits per heavy atom. The largest absolute Gasteiger partial charge is 0.489 e. The van der Waals surface area contributed by atoms with Crippen LogP contribution in [0, 0.1) is 13.8 Å². The third kappa shape index (κ3) is 3.28. The lowest BCUT2D eigenvalue weighted by molar-refractivity contribution is 0.101. The number of Topliss-reactive ketones (excluding diaryl/α,β-unsaturated/α-hetero) is 1. The Morgan fingerprint density at radius 1 is 1.12 bits per heavy atom. The summed E-state index contributed by atoms with van der Waals surface area (Å²) in [6.07, 6.45) is 0. The smallest absolute Gasteiger partial charge is 0.368 e. The van der Waals surface area contributed by atoms with Crippen molar-refractivity contribution < 1.29 is 9.53 Å². The van der Waals surface area contributed by atoms with Crippen molar-refractivity contribution in [3.05, 3.63) is 69.1 Å². The molecule has 7 nitrogen and oxygen atoms in total. The summed E-state index contributed by atoms with van der Waals surface area (Å²) >= 11 is 0. The van der Waals surface area contributed by atoms with E-state index in [0.717, 1.165) is 16.7 Å². The molecule has 0 amide bonds. The standard InChI is InChI=1S/C19H20N4O3/c1-12-6-5-7-17(23-19(25)22(4)20-21-23)16(12)11-26-18-10-15(14(3)24)9-8-13(18)2/h5-10H,11H2,1-4H3. The number of benzene rings is 2. The van der Waals surface area contributed by atoms with Gasteiger partial charge in [-0.1, -0.05) is 24.3 Å². The molecule has 0 fully saturated rings. The lowest BCUT2D eigenvalue weighted by Gasteiger charge is -2.14. The van der Waals surface area contributed by atoms with Crippen molar-refractivity contribution >= 4 is 5.78 Å². The van der Waals surface area contributed by atoms with E-state index in [-0.39, 0.29) is 18.1 Å². The van der Waals surface area contributed by atoms with Gasteiger partial charge in [-0.25, -0.2) is 4.79 Å². The van der Waals surface area contributed by atoms with Crippen molar-refractivity contribution in [2.45, 2.75) is 27.4 Å². The van der Waals surface area contributed by atoms with Gasteiger partial charge in [0.2, 0.25) is 0 Å². The Balaban J connectivity index is 1.97. The van der Waals surface area contributed by atoms with Gasteiger partial charge < -0.3 is 4.74 Å². The van der Waals surface area contributed by atoms with E-state index in [1.54, 1.807) is 25.2 Å². The fourth-order valence-electron chi connectivity index (χ4n) is 2.66. The SMILES string of the molecule is CC(=O)c1ccc(C)c(OCc2c(C)cccc2-n2nnn(C)c2=O)c1. The van der Waals surface area contributed by atoms with Crippen molar-refractivity contribution in [1.29, 1.82) is 0 Å². The van der Waals surface area contributed by atoms with Crippen molar-refractivity contribution in [1.82, 2.24) is 19.8 Å². The van der Waals surface area contributed by atoms with Gasteiger partial charge in [-0.3, -0.25) is 4.79 Å². The fraction of sp³-hybridized carbons (Fsp3) is 0.263. The van der Waals surface area contributed by atoms with Crippen LogP contribution in [0.4, 0.5) is 0 Å². The van der Waals surface area contributed by atoms with Gasteiger partial charge >= 0.3 is 5.69 Å². The normalized spacial score (nSPS) is 10.8. The number of ether oxygens (including phenoxy) is 1. The molecule has 0 bridgehead atoms. The Morgan fingerprint density at radius 3 is 2.54 bits per heavy atom. The molecule has 0 aliphatic heterocycles. The monoisotopic (exact) mass is 352 g/mol. The van der Waals surface area contributed by atoms with Crippen LogP contribution in [0.25, 0.3) is 5.69 Å². The molecule has 0 saturated carbocycles. The van der Waals surface area contributed by atoms with Crippen LogP contribution in [0.5, 0.6) is 5.75 Å². The fourth-order valence-corrected chi connectivity index (χ4v) is 2.66. The molecule has 7 heteroatoms. The Labute approximate surface area is 150 Å². The van der Waals surface area contributed by atoms with Gasteiger partial charge in [-0.15, -0.1) is 0 Å². The van der Waals surface area contributed by atoms with E-state index in [9.17, 15) is 9.59 Å². The quantitative estimate of drug-likeness (QED) is 0.659. The highest BCUT2D eigenvalue weighted by Gasteiger charge is 2.14. The number of tetrazole rings is 1. The number of aromatic nitrogens is 4. The summed E-state index contributed by atoms with van der Waals surface area (Å²) in [5.41, 5.74) is 3.64. The second-order valence-corrected chi connectivity index (χ2v) is 6.19. The first-order valence-corrected chi connectivity index (χ1v) is 8.20. The molecule has 0 saturated heterocycles. The molecule has 0 unspecified atom stereocenters. The van der Waals surface area contributed by atoms with Gasteiger partial charge in [0, 0.05) is 18.2 Å². The zero-order valence-corrected chi connectivity index (χ0v) is 15.2. The average Bonchev–Trinajstić information content (AvgIpc) is 2.94. The van der Waals surface area contributed by atoms with E-state index in [2.05, 4.69) is 10.4 Å². The molecule has 2 aromatic carbocycles. The molecule has 0 N–H and O–H groups in total. The van der Waals surface area contributed by atoms with E-state index in [1.807, 2.05) is 32.0 Å². The second-order valence-electron chi connectivity index (χ2n) is 6.19. The number of rotatable bonds is 5. The Hall–Kier alpha value is -3.22. The van der Waals surface area contributed by atoms with Gasteiger partial charge in [0.1, 0.15) is 12.4 Å². The lowest BCUT2D eigenvalue weighted by Crippen LogP contribution is -2.23. The average molecular weight is 352 g/mol. The maximum absolute atomic E-state index is 12.2. The van der Waals surface area contributed by atoms with Crippen molar-refractivity contribution in [3.8, 4) is 11.4 Å². The molecule has 0 spiro atoms. The topological polar surface area (TPSA) is 79.0 Å². The highest BCUT2D eigenvalue weighted by molar-refractivity contribution is 5.94. The third-order valence-corrected chi connectivity index (χ3v) is 4.30. The number of hydrogen-bond acceptors (Lipinski definition) is 5. The van der Waals surface area contributed by atoms with Gasteiger partial charge in [-0.05, 0) is 54.5 Å². The maximum Gasteiger partial charge on any atom is 0.368 e. The Kier molecular flexibility index (Phi) is 4.71. The van der Waals surface area contributed by atoms with Crippen LogP contribution in [-0.2, 0) is 13.7 Å². The van der Waals surface area contributed by atoms with Crippen LogP contribution in [-0.4, -0.2) is 25.6 Å². The minimum Gasteiger partial charge on any atom is -0.489 e. The van der Waals surface area contributed by atoms with E-state index >= 15 is 0 Å². The summed E-state index contributed by atoms with van der Waals surface area (Å²) in [4.78, 5) is 23.8. The van der Waals surface area contributed by atoms with Crippen LogP contribution in [0.3, 0.4) is 0 Å². The predicted molar refractivity (Wildman–Crippen MR) is 96.9 cm³/mol. The molecular weight excluding hydrogens is 332 g/mol. The summed E-state index contributed by atoms with van der Waals surface area (Å²) in [6, 6.07) is 11.0. The van der Waals surface area contributed by atoms with Gasteiger partial charge in [0.15, 0.2) is 5.78 Å². The highest BCUT2D eigenvalue weighted by atomic mass is 16.5. The second kappa shape index (κ2) is 6.95. The van der Waals surface area contributed by atoms with Gasteiger partial charge in [0.25, 0.3) is 0 Å². The first-order chi connectivity index (χ1) is 12.4. The van der Waals surface area contributed by atoms with Crippen molar-refractivity contribution in [2.24, 2.45) is 7.05 Å². The number of carbonyl (C=O) groups excluding carboxylic acids is 1. The summed E-state index contributed by atoms with van der Waals surface area (Å²) in [6.45, 7) is 5.63. The molecule has 134 valence electrons. The number of carbonyl (C=O) groups is 1.